The van der Waals surface area contributed by atoms with Crippen molar-refractivity contribution < 1.29 is 17.0 Å². The number of benzene rings is 2. The molecule has 1 aliphatic rings. The highest BCUT2D eigenvalue weighted by atomic mass is 32.2. The predicted octanol–water partition coefficient (Wildman–Crippen LogP) is 2.45. The van der Waals surface area contributed by atoms with Crippen molar-refractivity contribution in [3.8, 4) is 0 Å². The van der Waals surface area contributed by atoms with Crippen LogP contribution >= 0.6 is 0 Å². The summed E-state index contributed by atoms with van der Waals surface area (Å²) in [6.07, 6.45) is 0. The van der Waals surface area contributed by atoms with Crippen molar-refractivity contribution in [1.29, 1.82) is 0 Å². The van der Waals surface area contributed by atoms with Gasteiger partial charge in [-0.25, -0.2) is 12.8 Å². The number of rotatable bonds is 2. The van der Waals surface area contributed by atoms with Crippen molar-refractivity contribution in [2.75, 3.05) is 16.6 Å². The number of halogens is 1. The monoisotopic (exact) mass is 339 g/mol. The van der Waals surface area contributed by atoms with Gasteiger partial charge in [0.1, 0.15) is 5.82 Å². The Labute approximate surface area is 131 Å². The van der Waals surface area contributed by atoms with E-state index in [4.69, 9.17) is 0 Å². The molecule has 0 saturated carbocycles. The van der Waals surface area contributed by atoms with Crippen molar-refractivity contribution in [3.63, 3.8) is 0 Å². The molecule has 0 N–H and O–H groups in total. The third-order valence-corrected chi connectivity index (χ3v) is 6.93. The lowest BCUT2D eigenvalue weighted by Gasteiger charge is -2.30. The molecule has 0 saturated heterocycles. The number of aryl methyl sites for hydroxylation is 1. The number of para-hydroxylation sites is 1. The molecule has 1 heterocycles. The van der Waals surface area contributed by atoms with Crippen LogP contribution in [0.2, 0.25) is 0 Å². The smallest absolute Gasteiger partial charge is 0.264 e. The van der Waals surface area contributed by atoms with Crippen LogP contribution in [-0.2, 0) is 20.8 Å². The zero-order chi connectivity index (χ0) is 15.9. The average molecular weight is 339 g/mol. The molecule has 7 heteroatoms. The molecule has 0 fully saturated rings. The fraction of sp³-hybridized carbons (Fsp3) is 0.200. The summed E-state index contributed by atoms with van der Waals surface area (Å²) in [6, 6.07) is 10.4. The molecule has 1 atom stereocenters. The Balaban J connectivity index is 2.15. The van der Waals surface area contributed by atoms with Crippen LogP contribution < -0.4 is 4.31 Å². The summed E-state index contributed by atoms with van der Waals surface area (Å²) in [5.41, 5.74) is 0.778. The van der Waals surface area contributed by atoms with Crippen LogP contribution in [-0.4, -0.2) is 24.9 Å². The Bertz CT molecular complexity index is 865. The molecule has 2 aromatic rings. The Hall–Kier alpha value is -1.73. The second-order valence-electron chi connectivity index (χ2n) is 5.00. The summed E-state index contributed by atoms with van der Waals surface area (Å²) in [4.78, 5) is 0.577. The summed E-state index contributed by atoms with van der Waals surface area (Å²) in [5, 5.41) is 0. The van der Waals surface area contributed by atoms with Gasteiger partial charge >= 0.3 is 0 Å². The van der Waals surface area contributed by atoms with Gasteiger partial charge in [0, 0.05) is 12.3 Å². The highest BCUT2D eigenvalue weighted by Gasteiger charge is 2.32. The molecule has 1 aliphatic heterocycles. The second-order valence-corrected chi connectivity index (χ2v) is 8.37. The second kappa shape index (κ2) is 5.48. The fourth-order valence-corrected chi connectivity index (χ4v) is 5.60. The zero-order valence-electron chi connectivity index (χ0n) is 11.8. The third kappa shape index (κ3) is 2.44. The van der Waals surface area contributed by atoms with E-state index >= 15 is 0 Å². The Morgan fingerprint density at radius 1 is 1.18 bits per heavy atom. The maximum Gasteiger partial charge on any atom is 0.264 e. The standard InChI is InChI=1S/C15H14FNO3S2/c1-11-10-12(16)6-7-15(11)22(19,20)17-8-9-21(18)14-5-3-2-4-13(14)17/h2-7,10H,8-9H2,1H3. The summed E-state index contributed by atoms with van der Waals surface area (Å²) >= 11 is 0. The van der Waals surface area contributed by atoms with E-state index in [1.54, 1.807) is 31.2 Å². The molecule has 1 unspecified atom stereocenters. The normalized spacial score (nSPS) is 18.1. The molecule has 0 aromatic heterocycles. The summed E-state index contributed by atoms with van der Waals surface area (Å²) in [7, 11) is -5.02. The van der Waals surface area contributed by atoms with Crippen LogP contribution in [0, 0.1) is 12.7 Å². The van der Waals surface area contributed by atoms with Gasteiger partial charge in [-0.1, -0.05) is 12.1 Å². The SMILES string of the molecule is Cc1cc(F)ccc1S(=O)(=O)N1CCS(=O)c2ccccc21. The molecule has 3 rings (SSSR count). The topological polar surface area (TPSA) is 54.5 Å². The van der Waals surface area contributed by atoms with Gasteiger partial charge in [0.25, 0.3) is 10.0 Å². The number of nitrogens with zero attached hydrogens (tertiary/aromatic N) is 1. The van der Waals surface area contributed by atoms with E-state index in [1.165, 1.54) is 16.4 Å². The summed E-state index contributed by atoms with van der Waals surface area (Å²) < 4.78 is 52.3. The Morgan fingerprint density at radius 2 is 1.91 bits per heavy atom. The molecule has 116 valence electrons. The van der Waals surface area contributed by atoms with Crippen molar-refractivity contribution in [2.45, 2.75) is 16.7 Å². The average Bonchev–Trinajstić information content (AvgIpc) is 2.47. The zero-order valence-corrected chi connectivity index (χ0v) is 13.5. The molecule has 0 amide bonds. The van der Waals surface area contributed by atoms with Crippen molar-refractivity contribution >= 4 is 26.5 Å². The van der Waals surface area contributed by atoms with Gasteiger partial charge in [-0.3, -0.25) is 8.51 Å². The number of fused-ring (bicyclic) bond motifs is 1. The van der Waals surface area contributed by atoms with Crippen molar-refractivity contribution in [2.24, 2.45) is 0 Å². The van der Waals surface area contributed by atoms with Crippen LogP contribution in [0.15, 0.2) is 52.3 Å². The number of sulfonamides is 1. The minimum Gasteiger partial charge on any atom is -0.264 e. The maximum atomic E-state index is 13.2. The van der Waals surface area contributed by atoms with E-state index in [0.29, 0.717) is 16.1 Å². The molecule has 0 bridgehead atoms. The predicted molar refractivity (Wildman–Crippen MR) is 83.4 cm³/mol. The third-order valence-electron chi connectivity index (χ3n) is 3.56. The summed E-state index contributed by atoms with van der Waals surface area (Å²) in [6.45, 7) is 1.70. The molecule has 0 spiro atoms. The minimum atomic E-state index is -3.81. The molecular weight excluding hydrogens is 325 g/mol. The molecule has 2 aromatic carbocycles. The fourth-order valence-electron chi connectivity index (χ4n) is 2.52. The number of hydrogen-bond donors (Lipinski definition) is 0. The lowest BCUT2D eigenvalue weighted by Crippen LogP contribution is -2.38. The van der Waals surface area contributed by atoms with Crippen LogP contribution in [0.4, 0.5) is 10.1 Å². The maximum absolute atomic E-state index is 13.2. The molecule has 0 radical (unpaired) electrons. The van der Waals surface area contributed by atoms with Gasteiger partial charge in [0.15, 0.2) is 0 Å². The highest BCUT2D eigenvalue weighted by molar-refractivity contribution is 7.93. The lowest BCUT2D eigenvalue weighted by atomic mass is 10.2. The Kier molecular flexibility index (Phi) is 3.78. The molecule has 4 nitrogen and oxygen atoms in total. The van der Waals surface area contributed by atoms with E-state index in [1.807, 2.05) is 0 Å². The lowest BCUT2D eigenvalue weighted by molar-refractivity contribution is 0.589. The van der Waals surface area contributed by atoms with Gasteiger partial charge in [0.2, 0.25) is 0 Å². The molecular formula is C15H14FNO3S2. The Morgan fingerprint density at radius 3 is 2.64 bits per heavy atom. The van der Waals surface area contributed by atoms with Crippen LogP contribution in [0.25, 0.3) is 0 Å². The largest absolute Gasteiger partial charge is 0.264 e. The quantitative estimate of drug-likeness (QED) is 0.844. The van der Waals surface area contributed by atoms with Crippen LogP contribution in [0.1, 0.15) is 5.56 Å². The first-order valence-electron chi connectivity index (χ1n) is 6.67. The van der Waals surface area contributed by atoms with Gasteiger partial charge in [-0.2, -0.15) is 0 Å². The summed E-state index contributed by atoms with van der Waals surface area (Å²) in [5.74, 6) is -0.229. The van der Waals surface area contributed by atoms with Crippen molar-refractivity contribution in [3.05, 3.63) is 53.8 Å². The van der Waals surface area contributed by atoms with Crippen LogP contribution in [0.3, 0.4) is 0 Å². The van der Waals surface area contributed by atoms with E-state index in [2.05, 4.69) is 0 Å². The van der Waals surface area contributed by atoms with E-state index in [0.717, 1.165) is 6.07 Å². The van der Waals surface area contributed by atoms with Gasteiger partial charge in [-0.15, -0.1) is 0 Å². The van der Waals surface area contributed by atoms with Gasteiger partial charge < -0.3 is 0 Å². The van der Waals surface area contributed by atoms with E-state index in [9.17, 15) is 17.0 Å². The number of anilines is 1. The number of hydrogen-bond acceptors (Lipinski definition) is 3. The van der Waals surface area contributed by atoms with E-state index < -0.39 is 26.6 Å². The molecule has 22 heavy (non-hydrogen) atoms. The first-order valence-corrected chi connectivity index (χ1v) is 9.43. The van der Waals surface area contributed by atoms with Crippen LogP contribution in [0.5, 0.6) is 0 Å². The van der Waals surface area contributed by atoms with E-state index in [-0.39, 0.29) is 17.2 Å². The van der Waals surface area contributed by atoms with Gasteiger partial charge in [0.05, 0.1) is 26.3 Å². The van der Waals surface area contributed by atoms with Crippen molar-refractivity contribution in [1.82, 2.24) is 0 Å². The first-order chi connectivity index (χ1) is 10.4. The molecule has 0 aliphatic carbocycles. The first kappa shape index (κ1) is 15.2. The van der Waals surface area contributed by atoms with Gasteiger partial charge in [-0.05, 0) is 42.8 Å². The highest BCUT2D eigenvalue weighted by Crippen LogP contribution is 2.33. The minimum absolute atomic E-state index is 0.0661.